The molecule has 6 nitrogen and oxygen atoms in total. The zero-order chi connectivity index (χ0) is 22.8. The van der Waals surface area contributed by atoms with Gasteiger partial charge in [-0.3, -0.25) is 4.99 Å². The molecular weight excluding hydrogens is 541 g/mol. The van der Waals surface area contributed by atoms with Gasteiger partial charge >= 0.3 is 6.61 Å². The Labute approximate surface area is 211 Å². The molecule has 3 N–H and O–H groups in total. The standard InChI is InChI=1S/C24H32F2N4O2.HI/c1-18(19-8-4-3-5-9-19)30-24(12-14-31-15-13-24)17-29-23(27-2)28-16-20-10-6-7-11-21(20)32-22(25)26;/h3-11,18,22,30H,12-17H2,1-2H3,(H2,27,28,29);1H. The third-order valence-electron chi connectivity index (χ3n) is 5.72. The lowest BCUT2D eigenvalue weighted by molar-refractivity contribution is -0.0504. The summed E-state index contributed by atoms with van der Waals surface area (Å²) < 4.78 is 35.5. The Balaban J connectivity index is 0.00000385. The normalized spacial score (nSPS) is 16.6. The summed E-state index contributed by atoms with van der Waals surface area (Å²) >= 11 is 0. The number of alkyl halides is 2. The number of nitrogens with zero attached hydrogens (tertiary/aromatic N) is 1. The molecule has 0 spiro atoms. The maximum absolute atomic E-state index is 12.7. The summed E-state index contributed by atoms with van der Waals surface area (Å²) in [5.41, 5.74) is 1.71. The molecule has 33 heavy (non-hydrogen) atoms. The molecule has 0 radical (unpaired) electrons. The Bertz CT molecular complexity index is 865. The summed E-state index contributed by atoms with van der Waals surface area (Å²) in [5.74, 6) is 0.751. The van der Waals surface area contributed by atoms with E-state index in [0.29, 0.717) is 37.8 Å². The van der Waals surface area contributed by atoms with Gasteiger partial charge in [-0.25, -0.2) is 0 Å². The van der Waals surface area contributed by atoms with E-state index in [4.69, 9.17) is 4.74 Å². The van der Waals surface area contributed by atoms with E-state index in [1.807, 2.05) is 18.2 Å². The molecule has 0 aliphatic carbocycles. The van der Waals surface area contributed by atoms with Crippen LogP contribution in [0, 0.1) is 0 Å². The fourth-order valence-electron chi connectivity index (χ4n) is 3.93. The van der Waals surface area contributed by atoms with Crippen molar-refractivity contribution in [3.8, 4) is 5.75 Å². The van der Waals surface area contributed by atoms with E-state index < -0.39 is 6.61 Å². The molecule has 2 aromatic rings. The Morgan fingerprint density at radius 3 is 2.39 bits per heavy atom. The molecule has 2 aromatic carbocycles. The minimum atomic E-state index is -2.86. The van der Waals surface area contributed by atoms with Crippen molar-refractivity contribution in [1.82, 2.24) is 16.0 Å². The molecule has 1 aliphatic heterocycles. The van der Waals surface area contributed by atoms with E-state index in [0.717, 1.165) is 12.8 Å². The van der Waals surface area contributed by atoms with Crippen molar-refractivity contribution in [2.45, 2.75) is 44.5 Å². The van der Waals surface area contributed by atoms with Crippen molar-refractivity contribution in [1.29, 1.82) is 0 Å². The quantitative estimate of drug-likeness (QED) is 0.235. The predicted molar refractivity (Wildman–Crippen MR) is 137 cm³/mol. The Kier molecular flexibility index (Phi) is 11.3. The minimum Gasteiger partial charge on any atom is -0.434 e. The zero-order valence-corrected chi connectivity index (χ0v) is 21.4. The van der Waals surface area contributed by atoms with E-state index in [1.54, 1.807) is 25.2 Å². The first-order valence-corrected chi connectivity index (χ1v) is 10.9. The number of rotatable bonds is 9. The van der Waals surface area contributed by atoms with Gasteiger partial charge in [0.05, 0.1) is 0 Å². The third kappa shape index (κ3) is 8.38. The molecule has 9 heteroatoms. The first-order valence-electron chi connectivity index (χ1n) is 10.9. The van der Waals surface area contributed by atoms with Gasteiger partial charge in [-0.2, -0.15) is 8.78 Å². The molecule has 1 unspecified atom stereocenters. The SMILES string of the molecule is CN=C(NCc1ccccc1OC(F)F)NCC1(NC(C)c2ccccc2)CCOCC1.I. The predicted octanol–water partition coefficient (Wildman–Crippen LogP) is 4.47. The molecule has 0 bridgehead atoms. The summed E-state index contributed by atoms with van der Waals surface area (Å²) in [6, 6.07) is 17.3. The molecule has 182 valence electrons. The van der Waals surface area contributed by atoms with Crippen molar-refractivity contribution in [2.24, 2.45) is 4.99 Å². The van der Waals surface area contributed by atoms with Crippen molar-refractivity contribution in [3.63, 3.8) is 0 Å². The number of hydrogen-bond donors (Lipinski definition) is 3. The molecule has 1 atom stereocenters. The fourth-order valence-corrected chi connectivity index (χ4v) is 3.93. The smallest absolute Gasteiger partial charge is 0.387 e. The van der Waals surface area contributed by atoms with E-state index in [2.05, 4.69) is 44.7 Å². The molecule has 0 aromatic heterocycles. The van der Waals surface area contributed by atoms with Gasteiger partial charge in [0.2, 0.25) is 0 Å². The van der Waals surface area contributed by atoms with Gasteiger partial charge < -0.3 is 25.4 Å². The summed E-state index contributed by atoms with van der Waals surface area (Å²) in [5, 5.41) is 10.4. The fraction of sp³-hybridized carbons (Fsp3) is 0.458. The van der Waals surface area contributed by atoms with Crippen LogP contribution in [0.5, 0.6) is 5.75 Å². The maximum Gasteiger partial charge on any atom is 0.387 e. The number of guanidine groups is 1. The van der Waals surface area contributed by atoms with Gasteiger partial charge in [0, 0.05) is 50.5 Å². The van der Waals surface area contributed by atoms with E-state index in [9.17, 15) is 8.78 Å². The molecule has 1 fully saturated rings. The summed E-state index contributed by atoms with van der Waals surface area (Å²) in [4.78, 5) is 4.29. The Morgan fingerprint density at radius 1 is 1.06 bits per heavy atom. The maximum atomic E-state index is 12.7. The minimum absolute atomic E-state index is 0. The van der Waals surface area contributed by atoms with Crippen LogP contribution in [0.15, 0.2) is 59.6 Å². The van der Waals surface area contributed by atoms with Crippen LogP contribution in [0.3, 0.4) is 0 Å². The molecule has 1 heterocycles. The van der Waals surface area contributed by atoms with Gasteiger partial charge in [0.1, 0.15) is 5.75 Å². The van der Waals surface area contributed by atoms with Crippen molar-refractivity contribution < 1.29 is 18.3 Å². The van der Waals surface area contributed by atoms with Crippen LogP contribution in [0.1, 0.15) is 36.9 Å². The lowest BCUT2D eigenvalue weighted by Crippen LogP contribution is -2.58. The van der Waals surface area contributed by atoms with Crippen molar-refractivity contribution in [2.75, 3.05) is 26.8 Å². The highest BCUT2D eigenvalue weighted by atomic mass is 127. The van der Waals surface area contributed by atoms with Crippen molar-refractivity contribution in [3.05, 3.63) is 65.7 Å². The van der Waals surface area contributed by atoms with Gasteiger partial charge in [0.15, 0.2) is 5.96 Å². The van der Waals surface area contributed by atoms with Crippen LogP contribution in [0.25, 0.3) is 0 Å². The number of para-hydroxylation sites is 1. The number of benzene rings is 2. The second-order valence-corrected chi connectivity index (χ2v) is 7.93. The van der Waals surface area contributed by atoms with Crippen LogP contribution < -0.4 is 20.7 Å². The highest BCUT2D eigenvalue weighted by Gasteiger charge is 2.34. The van der Waals surface area contributed by atoms with Gasteiger partial charge in [-0.15, -0.1) is 24.0 Å². The van der Waals surface area contributed by atoms with Gasteiger partial charge in [-0.1, -0.05) is 48.5 Å². The molecule has 3 rings (SSSR count). The molecule has 1 saturated heterocycles. The summed E-state index contributed by atoms with van der Waals surface area (Å²) in [7, 11) is 1.69. The van der Waals surface area contributed by atoms with Gasteiger partial charge in [0.25, 0.3) is 0 Å². The number of halogens is 3. The van der Waals surface area contributed by atoms with E-state index >= 15 is 0 Å². The van der Waals surface area contributed by atoms with Crippen molar-refractivity contribution >= 4 is 29.9 Å². The van der Waals surface area contributed by atoms with Crippen LogP contribution in [-0.4, -0.2) is 44.9 Å². The zero-order valence-electron chi connectivity index (χ0n) is 19.0. The highest BCUT2D eigenvalue weighted by molar-refractivity contribution is 14.0. The number of aliphatic imine (C=N–C) groups is 1. The van der Waals surface area contributed by atoms with E-state index in [-0.39, 0.29) is 41.3 Å². The van der Waals surface area contributed by atoms with Crippen LogP contribution in [-0.2, 0) is 11.3 Å². The highest BCUT2D eigenvalue weighted by Crippen LogP contribution is 2.25. The summed E-state index contributed by atoms with van der Waals surface area (Å²) in [6.45, 7) is 1.66. The molecule has 0 amide bonds. The van der Waals surface area contributed by atoms with Crippen LogP contribution >= 0.6 is 24.0 Å². The monoisotopic (exact) mass is 574 g/mol. The average molecular weight is 574 g/mol. The number of nitrogens with one attached hydrogen (secondary N) is 3. The third-order valence-corrected chi connectivity index (χ3v) is 5.72. The first kappa shape index (κ1) is 27.3. The topological polar surface area (TPSA) is 66.9 Å². The second kappa shape index (κ2) is 13.7. The molecule has 0 saturated carbocycles. The average Bonchev–Trinajstić information content (AvgIpc) is 2.81. The van der Waals surface area contributed by atoms with Crippen LogP contribution in [0.2, 0.25) is 0 Å². The Hall–Kier alpha value is -1.98. The van der Waals surface area contributed by atoms with Crippen LogP contribution in [0.4, 0.5) is 8.78 Å². The van der Waals surface area contributed by atoms with Gasteiger partial charge in [-0.05, 0) is 31.4 Å². The Morgan fingerprint density at radius 2 is 1.73 bits per heavy atom. The second-order valence-electron chi connectivity index (χ2n) is 7.93. The van der Waals surface area contributed by atoms with E-state index in [1.165, 1.54) is 11.6 Å². The molecule has 1 aliphatic rings. The lowest BCUT2D eigenvalue weighted by atomic mass is 9.88. The number of ether oxygens (including phenoxy) is 2. The largest absolute Gasteiger partial charge is 0.434 e. The molecular formula is C24H33F2IN4O2. The number of hydrogen-bond acceptors (Lipinski definition) is 4. The lowest BCUT2D eigenvalue weighted by Gasteiger charge is -2.41. The first-order chi connectivity index (χ1) is 15.5. The summed E-state index contributed by atoms with van der Waals surface area (Å²) in [6.07, 6.45) is 1.75.